The molecule has 0 atom stereocenters. The van der Waals surface area contributed by atoms with E-state index in [1.165, 1.54) is 0 Å². The quantitative estimate of drug-likeness (QED) is 0.561. The van der Waals surface area contributed by atoms with Crippen LogP contribution in [0.2, 0.25) is 0 Å². The van der Waals surface area contributed by atoms with Gasteiger partial charge in [0.05, 0.1) is 12.4 Å². The van der Waals surface area contributed by atoms with E-state index in [1.54, 1.807) is 0 Å². The van der Waals surface area contributed by atoms with E-state index in [9.17, 15) is 17.3 Å². The molecule has 6 heteroatoms. The molecule has 0 heterocycles. The smallest absolute Gasteiger partial charge is 0.493 e. The van der Waals surface area contributed by atoms with Crippen molar-refractivity contribution in [3.8, 4) is 5.75 Å². The normalized spacial score (nSPS) is 11.9. The third-order valence-corrected chi connectivity index (χ3v) is 2.96. The zero-order valence-electron chi connectivity index (χ0n) is 10.4. The lowest BCUT2D eigenvalue weighted by Crippen LogP contribution is -2.36. The number of rotatable bonds is 6. The largest absolute Gasteiger partial charge is 0.512 e. The second-order valence-electron chi connectivity index (χ2n) is 4.25. The molecule has 1 nitrogen and oxygen atoms in total. The lowest BCUT2D eigenvalue weighted by molar-refractivity contribution is 0.240. The van der Waals surface area contributed by atoms with Crippen LogP contribution in [0.4, 0.5) is 17.3 Å². The highest BCUT2D eigenvalue weighted by Gasteiger charge is 2.28. The first kappa shape index (κ1) is 14.9. The average Bonchev–Trinajstić information content (AvgIpc) is 2.28. The Kier molecular flexibility index (Phi) is 5.05. The molecule has 0 bridgehead atoms. The van der Waals surface area contributed by atoms with E-state index >= 15 is 0 Å². The lowest BCUT2D eigenvalue weighted by Gasteiger charge is -2.18. The molecule has 1 rings (SSSR count). The molecule has 0 aliphatic carbocycles. The van der Waals surface area contributed by atoms with Crippen molar-refractivity contribution in [1.29, 1.82) is 0 Å². The van der Waals surface area contributed by atoms with Crippen LogP contribution in [0.15, 0.2) is 18.2 Å². The first-order valence-corrected chi connectivity index (χ1v) is 6.00. The van der Waals surface area contributed by atoms with Gasteiger partial charge in [-0.1, -0.05) is 38.2 Å². The average molecular weight is 263 g/mol. The van der Waals surface area contributed by atoms with Gasteiger partial charge < -0.3 is 17.7 Å². The Labute approximate surface area is 104 Å². The summed E-state index contributed by atoms with van der Waals surface area (Å²) < 4.78 is 55.7. The molecule has 0 fully saturated rings. The van der Waals surface area contributed by atoms with Crippen molar-refractivity contribution >= 4 is 12.4 Å². The van der Waals surface area contributed by atoms with Crippen LogP contribution >= 0.6 is 0 Å². The van der Waals surface area contributed by atoms with Crippen LogP contribution in [0, 0.1) is 11.7 Å². The van der Waals surface area contributed by atoms with Crippen LogP contribution in [0.1, 0.15) is 26.7 Å². The summed E-state index contributed by atoms with van der Waals surface area (Å²) in [6.07, 6.45) is 1.84. The zero-order chi connectivity index (χ0) is 13.8. The zero-order valence-corrected chi connectivity index (χ0v) is 10.4. The standard InChI is InChI=1S/C12H16BF4O/c1-3-9(4-2)8-18-10-5-6-11(12(14)7-10)13(15,16)17/h5-7,9H,3-4,8H2,1-2H3/q-1. The molecular formula is C12H16BF4O-. The fourth-order valence-electron chi connectivity index (χ4n) is 1.60. The summed E-state index contributed by atoms with van der Waals surface area (Å²) in [6, 6.07) is 2.69. The predicted molar refractivity (Wildman–Crippen MR) is 64.7 cm³/mol. The highest BCUT2D eigenvalue weighted by molar-refractivity contribution is 6.73. The maximum Gasteiger partial charge on any atom is 0.512 e. The van der Waals surface area contributed by atoms with Crippen LogP contribution in [-0.4, -0.2) is 13.6 Å². The third-order valence-electron chi connectivity index (χ3n) is 2.96. The topological polar surface area (TPSA) is 9.23 Å². The SMILES string of the molecule is CCC(CC)COc1ccc([B-](F)(F)F)c(F)c1. The molecule has 0 saturated heterocycles. The molecular weight excluding hydrogens is 247 g/mol. The summed E-state index contributed by atoms with van der Waals surface area (Å²) in [4.78, 5) is 0. The van der Waals surface area contributed by atoms with E-state index in [4.69, 9.17) is 4.74 Å². The second-order valence-corrected chi connectivity index (χ2v) is 4.25. The Balaban J connectivity index is 2.73. The monoisotopic (exact) mass is 263 g/mol. The summed E-state index contributed by atoms with van der Waals surface area (Å²) in [6.45, 7) is -0.902. The third kappa shape index (κ3) is 3.93. The molecule has 0 amide bonds. The molecule has 0 aromatic heterocycles. The Morgan fingerprint density at radius 3 is 2.22 bits per heavy atom. The van der Waals surface area contributed by atoms with Crippen molar-refractivity contribution < 1.29 is 22.1 Å². The molecule has 0 aliphatic heterocycles. The summed E-state index contributed by atoms with van der Waals surface area (Å²) >= 11 is 0. The molecule has 0 spiro atoms. The molecule has 0 aliphatic rings. The van der Waals surface area contributed by atoms with Crippen molar-refractivity contribution in [2.24, 2.45) is 5.92 Å². The van der Waals surface area contributed by atoms with Crippen LogP contribution in [0.5, 0.6) is 5.75 Å². The number of hydrogen-bond donors (Lipinski definition) is 0. The van der Waals surface area contributed by atoms with Gasteiger partial charge in [-0.15, -0.1) is 0 Å². The second kappa shape index (κ2) is 6.11. The van der Waals surface area contributed by atoms with Crippen LogP contribution in [-0.2, 0) is 0 Å². The predicted octanol–water partition coefficient (Wildman–Crippen LogP) is 3.70. The van der Waals surface area contributed by atoms with Crippen molar-refractivity contribution in [3.63, 3.8) is 0 Å². The maximum absolute atomic E-state index is 13.2. The van der Waals surface area contributed by atoms with Crippen LogP contribution < -0.4 is 10.2 Å². The lowest BCUT2D eigenvalue weighted by atomic mass is 9.80. The van der Waals surface area contributed by atoms with Crippen molar-refractivity contribution in [1.82, 2.24) is 0 Å². The molecule has 1 aromatic carbocycles. The molecule has 1 aromatic rings. The molecule has 18 heavy (non-hydrogen) atoms. The van der Waals surface area contributed by atoms with Crippen molar-refractivity contribution in [2.75, 3.05) is 6.61 Å². The van der Waals surface area contributed by atoms with E-state index in [1.807, 2.05) is 13.8 Å². The van der Waals surface area contributed by atoms with Gasteiger partial charge in [-0.2, -0.15) is 0 Å². The minimum atomic E-state index is -5.31. The van der Waals surface area contributed by atoms with E-state index in [2.05, 4.69) is 0 Å². The molecule has 0 radical (unpaired) electrons. The molecule has 0 unspecified atom stereocenters. The number of halogens is 4. The molecule has 0 N–H and O–H groups in total. The minimum Gasteiger partial charge on any atom is -0.493 e. The number of ether oxygens (including phenoxy) is 1. The summed E-state index contributed by atoms with van der Waals surface area (Å²) in [5, 5.41) is 0. The Morgan fingerprint density at radius 2 is 1.78 bits per heavy atom. The van der Waals surface area contributed by atoms with Crippen LogP contribution in [0.3, 0.4) is 0 Å². The summed E-state index contributed by atoms with van der Waals surface area (Å²) in [5.41, 5.74) is -1.20. The Hall–Kier alpha value is -1.20. The van der Waals surface area contributed by atoms with Crippen LogP contribution in [0.25, 0.3) is 0 Å². The summed E-state index contributed by atoms with van der Waals surface area (Å²) in [7, 11) is 0. The van der Waals surface area contributed by atoms with Gasteiger partial charge in [-0.25, -0.2) is 4.39 Å². The van der Waals surface area contributed by atoms with Gasteiger partial charge in [-0.3, -0.25) is 0 Å². The van der Waals surface area contributed by atoms with Gasteiger partial charge in [0, 0.05) is 6.07 Å². The number of hydrogen-bond acceptors (Lipinski definition) is 1. The Bertz CT molecular complexity index is 388. The molecule has 102 valence electrons. The van der Waals surface area contributed by atoms with Crippen molar-refractivity contribution in [3.05, 3.63) is 24.0 Å². The van der Waals surface area contributed by atoms with E-state index in [-0.39, 0.29) is 5.75 Å². The highest BCUT2D eigenvalue weighted by Crippen LogP contribution is 2.18. The van der Waals surface area contributed by atoms with Gasteiger partial charge in [0.2, 0.25) is 0 Å². The fraction of sp³-hybridized carbons (Fsp3) is 0.500. The maximum atomic E-state index is 13.2. The van der Waals surface area contributed by atoms with Crippen molar-refractivity contribution in [2.45, 2.75) is 26.7 Å². The molecule has 0 saturated carbocycles. The Morgan fingerprint density at radius 1 is 1.17 bits per heavy atom. The highest BCUT2D eigenvalue weighted by atomic mass is 19.4. The minimum absolute atomic E-state index is 0.142. The van der Waals surface area contributed by atoms with E-state index in [0.717, 1.165) is 31.0 Å². The fourth-order valence-corrected chi connectivity index (χ4v) is 1.60. The van der Waals surface area contributed by atoms with Gasteiger partial charge in [0.25, 0.3) is 0 Å². The van der Waals surface area contributed by atoms with Gasteiger partial charge >= 0.3 is 6.98 Å². The summed E-state index contributed by atoms with van der Waals surface area (Å²) in [5.74, 6) is -0.799. The van der Waals surface area contributed by atoms with Gasteiger partial charge in [0.1, 0.15) is 5.75 Å². The van der Waals surface area contributed by atoms with Gasteiger partial charge in [-0.05, 0) is 12.0 Å². The first-order valence-electron chi connectivity index (χ1n) is 6.00. The number of benzene rings is 1. The van der Waals surface area contributed by atoms with E-state index < -0.39 is 18.3 Å². The first-order chi connectivity index (χ1) is 8.38. The van der Waals surface area contributed by atoms with E-state index in [0.29, 0.717) is 12.5 Å². The van der Waals surface area contributed by atoms with Gasteiger partial charge in [0.15, 0.2) is 0 Å².